The Labute approximate surface area is 106 Å². The van der Waals surface area contributed by atoms with Gasteiger partial charge in [0, 0.05) is 18.2 Å². The van der Waals surface area contributed by atoms with Crippen LogP contribution in [0.3, 0.4) is 0 Å². The molecule has 1 rings (SSSR count). The fourth-order valence-corrected chi connectivity index (χ4v) is 1.88. The Morgan fingerprint density at radius 2 is 1.94 bits per heavy atom. The van der Waals surface area contributed by atoms with Gasteiger partial charge in [0.25, 0.3) is 0 Å². The summed E-state index contributed by atoms with van der Waals surface area (Å²) in [5, 5.41) is 3.12. The predicted molar refractivity (Wildman–Crippen MR) is 65.2 cm³/mol. The minimum atomic E-state index is -4.37. The fourth-order valence-electron chi connectivity index (χ4n) is 1.88. The second kappa shape index (κ2) is 6.18. The van der Waals surface area contributed by atoms with E-state index < -0.39 is 11.9 Å². The molecule has 0 saturated carbocycles. The summed E-state index contributed by atoms with van der Waals surface area (Å²) in [5.41, 5.74) is -0.343. The van der Waals surface area contributed by atoms with E-state index in [1.54, 1.807) is 6.07 Å². The number of nitrogens with one attached hydrogen (secondary N) is 1. The third-order valence-corrected chi connectivity index (χ3v) is 2.72. The molecule has 1 aromatic rings. The van der Waals surface area contributed by atoms with Gasteiger partial charge in [0.1, 0.15) is 5.69 Å². The van der Waals surface area contributed by atoms with Crippen LogP contribution < -0.4 is 5.32 Å². The van der Waals surface area contributed by atoms with Gasteiger partial charge in [0.15, 0.2) is 0 Å². The number of pyridine rings is 1. The van der Waals surface area contributed by atoms with Gasteiger partial charge in [-0.05, 0) is 31.5 Å². The van der Waals surface area contributed by atoms with Crippen LogP contribution in [0.1, 0.15) is 31.7 Å². The summed E-state index contributed by atoms with van der Waals surface area (Å²) in [6.45, 7) is 4.17. The van der Waals surface area contributed by atoms with Crippen molar-refractivity contribution in [2.75, 3.05) is 7.05 Å². The molecule has 0 aliphatic carbocycles. The normalized spacial score (nSPS) is 13.9. The first kappa shape index (κ1) is 15.0. The van der Waals surface area contributed by atoms with E-state index in [2.05, 4.69) is 24.1 Å². The standard InChI is InChI=1S/C13H19F3N2/c1-9(2)7-11(17-3)8-10-5-4-6-12(18-10)13(14,15)16/h4-6,9,11,17H,7-8H2,1-3H3. The molecule has 0 saturated heterocycles. The van der Waals surface area contributed by atoms with Crippen LogP contribution in [0, 0.1) is 5.92 Å². The summed E-state index contributed by atoms with van der Waals surface area (Å²) in [7, 11) is 1.82. The summed E-state index contributed by atoms with van der Waals surface area (Å²) in [6, 6.07) is 4.20. The second-order valence-electron chi connectivity index (χ2n) is 4.83. The average Bonchev–Trinajstić information content (AvgIpc) is 2.26. The van der Waals surface area contributed by atoms with Gasteiger partial charge >= 0.3 is 6.18 Å². The maximum Gasteiger partial charge on any atom is 0.433 e. The minimum absolute atomic E-state index is 0.154. The first-order valence-corrected chi connectivity index (χ1v) is 6.03. The van der Waals surface area contributed by atoms with Crippen molar-refractivity contribution in [3.8, 4) is 0 Å². The Balaban J connectivity index is 2.78. The Bertz CT molecular complexity index is 375. The zero-order valence-corrected chi connectivity index (χ0v) is 10.9. The maximum absolute atomic E-state index is 12.5. The van der Waals surface area contributed by atoms with E-state index in [0.717, 1.165) is 12.5 Å². The molecule has 0 aliphatic heterocycles. The molecule has 0 aliphatic rings. The van der Waals surface area contributed by atoms with Gasteiger partial charge in [-0.1, -0.05) is 19.9 Å². The first-order chi connectivity index (χ1) is 8.32. The van der Waals surface area contributed by atoms with Gasteiger partial charge in [-0.25, -0.2) is 4.98 Å². The van der Waals surface area contributed by atoms with Crippen molar-refractivity contribution in [2.24, 2.45) is 5.92 Å². The molecule has 18 heavy (non-hydrogen) atoms. The fraction of sp³-hybridized carbons (Fsp3) is 0.615. The molecule has 2 nitrogen and oxygen atoms in total. The highest BCUT2D eigenvalue weighted by Crippen LogP contribution is 2.27. The number of hydrogen-bond donors (Lipinski definition) is 1. The molecule has 1 atom stereocenters. The SMILES string of the molecule is CNC(Cc1cccc(C(F)(F)F)n1)CC(C)C. The molecule has 102 valence electrons. The highest BCUT2D eigenvalue weighted by Gasteiger charge is 2.32. The van der Waals surface area contributed by atoms with E-state index in [1.807, 2.05) is 7.05 Å². The van der Waals surface area contributed by atoms with Gasteiger partial charge in [-0.2, -0.15) is 13.2 Å². The van der Waals surface area contributed by atoms with Crippen molar-refractivity contribution < 1.29 is 13.2 Å². The van der Waals surface area contributed by atoms with Crippen LogP contribution in [0.15, 0.2) is 18.2 Å². The Morgan fingerprint density at radius 3 is 2.44 bits per heavy atom. The van der Waals surface area contributed by atoms with Gasteiger partial charge in [0.05, 0.1) is 0 Å². The molecule has 0 bridgehead atoms. The second-order valence-corrected chi connectivity index (χ2v) is 4.83. The van der Waals surface area contributed by atoms with Crippen LogP contribution >= 0.6 is 0 Å². The van der Waals surface area contributed by atoms with Crippen molar-refractivity contribution in [1.29, 1.82) is 0 Å². The van der Waals surface area contributed by atoms with Crippen LogP contribution in [0.25, 0.3) is 0 Å². The van der Waals surface area contributed by atoms with Gasteiger partial charge < -0.3 is 5.32 Å². The molecule has 5 heteroatoms. The van der Waals surface area contributed by atoms with Crippen molar-refractivity contribution in [3.63, 3.8) is 0 Å². The summed E-state index contributed by atoms with van der Waals surface area (Å²) in [4.78, 5) is 3.67. The number of nitrogens with zero attached hydrogens (tertiary/aromatic N) is 1. The smallest absolute Gasteiger partial charge is 0.317 e. The summed E-state index contributed by atoms with van der Waals surface area (Å²) in [6.07, 6.45) is -2.95. The summed E-state index contributed by atoms with van der Waals surface area (Å²) >= 11 is 0. The van der Waals surface area contributed by atoms with Gasteiger partial charge in [-0.15, -0.1) is 0 Å². The number of aromatic nitrogens is 1. The number of rotatable bonds is 5. The Hall–Kier alpha value is -1.10. The lowest BCUT2D eigenvalue weighted by Gasteiger charge is -2.18. The van der Waals surface area contributed by atoms with Crippen LogP contribution in [0.2, 0.25) is 0 Å². The third kappa shape index (κ3) is 4.64. The third-order valence-electron chi connectivity index (χ3n) is 2.72. The largest absolute Gasteiger partial charge is 0.433 e. The highest BCUT2D eigenvalue weighted by molar-refractivity contribution is 5.14. The molecule has 0 fully saturated rings. The lowest BCUT2D eigenvalue weighted by molar-refractivity contribution is -0.141. The van der Waals surface area contributed by atoms with Crippen LogP contribution in [0.5, 0.6) is 0 Å². The molecule has 0 spiro atoms. The molecule has 0 radical (unpaired) electrons. The zero-order chi connectivity index (χ0) is 13.8. The lowest BCUT2D eigenvalue weighted by Crippen LogP contribution is -2.29. The van der Waals surface area contributed by atoms with Crippen LogP contribution in [-0.4, -0.2) is 18.1 Å². The topological polar surface area (TPSA) is 24.9 Å². The Kier molecular flexibility index (Phi) is 5.14. The number of likely N-dealkylation sites (N-methyl/N-ethyl adjacent to an activating group) is 1. The predicted octanol–water partition coefficient (Wildman–Crippen LogP) is 3.28. The zero-order valence-electron chi connectivity index (χ0n) is 10.9. The highest BCUT2D eigenvalue weighted by atomic mass is 19.4. The van der Waals surface area contributed by atoms with E-state index in [-0.39, 0.29) is 6.04 Å². The first-order valence-electron chi connectivity index (χ1n) is 6.03. The monoisotopic (exact) mass is 260 g/mol. The number of halogens is 3. The van der Waals surface area contributed by atoms with E-state index >= 15 is 0 Å². The molecule has 1 aromatic heterocycles. The quantitative estimate of drug-likeness (QED) is 0.878. The van der Waals surface area contributed by atoms with Crippen LogP contribution in [-0.2, 0) is 12.6 Å². The molecular weight excluding hydrogens is 241 g/mol. The molecule has 1 unspecified atom stereocenters. The van der Waals surface area contributed by atoms with Crippen molar-refractivity contribution in [2.45, 2.75) is 38.9 Å². The molecule has 1 N–H and O–H groups in total. The summed E-state index contributed by atoms with van der Waals surface area (Å²) in [5.74, 6) is 0.494. The van der Waals surface area contributed by atoms with E-state index in [0.29, 0.717) is 18.0 Å². The molecule has 0 amide bonds. The molecule has 1 heterocycles. The lowest BCUT2D eigenvalue weighted by atomic mass is 9.99. The Morgan fingerprint density at radius 1 is 1.28 bits per heavy atom. The van der Waals surface area contributed by atoms with Crippen molar-refractivity contribution >= 4 is 0 Å². The van der Waals surface area contributed by atoms with Gasteiger partial charge in [-0.3, -0.25) is 0 Å². The van der Waals surface area contributed by atoms with Crippen molar-refractivity contribution in [3.05, 3.63) is 29.6 Å². The molecule has 0 aromatic carbocycles. The van der Waals surface area contributed by atoms with E-state index in [4.69, 9.17) is 0 Å². The maximum atomic E-state index is 12.5. The van der Waals surface area contributed by atoms with Crippen molar-refractivity contribution in [1.82, 2.24) is 10.3 Å². The minimum Gasteiger partial charge on any atom is -0.317 e. The summed E-state index contributed by atoms with van der Waals surface area (Å²) < 4.78 is 37.6. The van der Waals surface area contributed by atoms with Crippen LogP contribution in [0.4, 0.5) is 13.2 Å². The van der Waals surface area contributed by atoms with Gasteiger partial charge in [0.2, 0.25) is 0 Å². The number of alkyl halides is 3. The van der Waals surface area contributed by atoms with E-state index in [1.165, 1.54) is 6.07 Å². The van der Waals surface area contributed by atoms with E-state index in [9.17, 15) is 13.2 Å². The molecular formula is C13H19F3N2. The average molecular weight is 260 g/mol. The number of hydrogen-bond acceptors (Lipinski definition) is 2.